The molecule has 0 radical (unpaired) electrons. The zero-order valence-electron chi connectivity index (χ0n) is 17.2. The number of rotatable bonds is 8. The van der Waals surface area contributed by atoms with Gasteiger partial charge in [0.2, 0.25) is 0 Å². The van der Waals surface area contributed by atoms with Gasteiger partial charge in [0.1, 0.15) is 0 Å². The molecule has 30 heavy (non-hydrogen) atoms. The van der Waals surface area contributed by atoms with E-state index in [9.17, 15) is 9.59 Å². The zero-order valence-corrected chi connectivity index (χ0v) is 17.2. The number of ether oxygens (including phenoxy) is 2. The normalized spacial score (nSPS) is 13.8. The maximum atomic E-state index is 12.3. The molecular formula is C23H27N3O4. The van der Waals surface area contributed by atoms with Gasteiger partial charge in [0, 0.05) is 18.7 Å². The van der Waals surface area contributed by atoms with E-state index >= 15 is 0 Å². The average molecular weight is 409 g/mol. The van der Waals surface area contributed by atoms with Crippen LogP contribution in [0.1, 0.15) is 42.1 Å². The largest absolute Gasteiger partial charge is 0.490 e. The van der Waals surface area contributed by atoms with E-state index < -0.39 is 0 Å². The van der Waals surface area contributed by atoms with E-state index in [0.29, 0.717) is 23.7 Å². The van der Waals surface area contributed by atoms with Crippen LogP contribution in [-0.4, -0.2) is 49.2 Å². The van der Waals surface area contributed by atoms with Crippen molar-refractivity contribution in [2.24, 2.45) is 5.10 Å². The Kier molecular flexibility index (Phi) is 7.83. The Labute approximate surface area is 176 Å². The highest BCUT2D eigenvalue weighted by Gasteiger charge is 2.17. The van der Waals surface area contributed by atoms with Crippen molar-refractivity contribution in [2.75, 3.05) is 26.3 Å². The first-order chi connectivity index (χ1) is 14.7. The summed E-state index contributed by atoms with van der Waals surface area (Å²) in [6, 6.07) is 14.2. The molecule has 0 unspecified atom stereocenters. The van der Waals surface area contributed by atoms with E-state index in [1.54, 1.807) is 42.5 Å². The second kappa shape index (κ2) is 11.0. The smallest absolute Gasteiger partial charge is 0.271 e. The molecule has 1 N–H and O–H groups in total. The van der Waals surface area contributed by atoms with Gasteiger partial charge in [0.05, 0.1) is 12.8 Å². The number of hydrazone groups is 1. The quantitative estimate of drug-likeness (QED) is 0.536. The SMILES string of the molecule is CCOc1cc(/C=N/NC(=O)c2ccccc2)ccc1OCC(=O)N1CCCCC1. The summed E-state index contributed by atoms with van der Waals surface area (Å²) in [5, 5.41) is 4.00. The molecule has 7 nitrogen and oxygen atoms in total. The minimum Gasteiger partial charge on any atom is -0.490 e. The molecular weight excluding hydrogens is 382 g/mol. The molecule has 0 aromatic heterocycles. The molecule has 2 aromatic carbocycles. The number of nitrogens with zero attached hydrogens (tertiary/aromatic N) is 2. The Hall–Kier alpha value is -3.35. The van der Waals surface area contributed by atoms with Gasteiger partial charge >= 0.3 is 0 Å². The summed E-state index contributed by atoms with van der Waals surface area (Å²) in [6.07, 6.45) is 4.80. The monoisotopic (exact) mass is 409 g/mol. The second-order valence-electron chi connectivity index (χ2n) is 6.93. The Bertz CT molecular complexity index is 877. The van der Waals surface area contributed by atoms with Crippen LogP contribution in [0.15, 0.2) is 53.6 Å². The highest BCUT2D eigenvalue weighted by atomic mass is 16.5. The summed E-state index contributed by atoms with van der Waals surface area (Å²) in [7, 11) is 0. The lowest BCUT2D eigenvalue weighted by Gasteiger charge is -2.26. The highest BCUT2D eigenvalue weighted by Crippen LogP contribution is 2.28. The topological polar surface area (TPSA) is 80.2 Å². The molecule has 0 saturated carbocycles. The van der Waals surface area contributed by atoms with Crippen LogP contribution in [0.2, 0.25) is 0 Å². The summed E-state index contributed by atoms with van der Waals surface area (Å²) in [6.45, 7) is 3.92. The van der Waals surface area contributed by atoms with Crippen molar-refractivity contribution in [1.82, 2.24) is 10.3 Å². The number of hydrogen-bond donors (Lipinski definition) is 1. The van der Waals surface area contributed by atoms with Gasteiger partial charge < -0.3 is 14.4 Å². The molecule has 158 valence electrons. The first-order valence-corrected chi connectivity index (χ1v) is 10.2. The number of likely N-dealkylation sites (tertiary alicyclic amines) is 1. The van der Waals surface area contributed by atoms with Crippen molar-refractivity contribution in [3.8, 4) is 11.5 Å². The third-order valence-electron chi connectivity index (χ3n) is 4.74. The minimum atomic E-state index is -0.284. The lowest BCUT2D eigenvalue weighted by Crippen LogP contribution is -2.38. The Morgan fingerprint density at radius 1 is 1.03 bits per heavy atom. The minimum absolute atomic E-state index is 0.00795. The molecule has 1 aliphatic rings. The number of benzene rings is 2. The van der Waals surface area contributed by atoms with Gasteiger partial charge in [0.25, 0.3) is 11.8 Å². The molecule has 0 spiro atoms. The summed E-state index contributed by atoms with van der Waals surface area (Å²) in [5.74, 6) is 0.745. The van der Waals surface area contributed by atoms with E-state index in [4.69, 9.17) is 9.47 Å². The maximum absolute atomic E-state index is 12.3. The Morgan fingerprint density at radius 3 is 2.53 bits per heavy atom. The predicted molar refractivity (Wildman–Crippen MR) is 115 cm³/mol. The summed E-state index contributed by atoms with van der Waals surface area (Å²) in [5.41, 5.74) is 3.77. The van der Waals surface area contributed by atoms with Crippen LogP contribution < -0.4 is 14.9 Å². The fourth-order valence-electron chi connectivity index (χ4n) is 3.19. The van der Waals surface area contributed by atoms with E-state index in [0.717, 1.165) is 31.5 Å². The second-order valence-corrected chi connectivity index (χ2v) is 6.93. The lowest BCUT2D eigenvalue weighted by molar-refractivity contribution is -0.134. The first kappa shape index (κ1) is 21.4. The molecule has 0 aliphatic carbocycles. The summed E-state index contributed by atoms with van der Waals surface area (Å²) >= 11 is 0. The van der Waals surface area contributed by atoms with E-state index in [1.165, 1.54) is 12.6 Å². The number of carbonyl (C=O) groups excluding carboxylic acids is 2. The molecule has 1 saturated heterocycles. The van der Waals surface area contributed by atoms with Crippen molar-refractivity contribution >= 4 is 18.0 Å². The Balaban J connectivity index is 1.59. The van der Waals surface area contributed by atoms with Crippen LogP contribution in [0.3, 0.4) is 0 Å². The van der Waals surface area contributed by atoms with Crippen molar-refractivity contribution in [2.45, 2.75) is 26.2 Å². The van der Waals surface area contributed by atoms with Crippen LogP contribution in [0.25, 0.3) is 0 Å². The Morgan fingerprint density at radius 2 is 1.80 bits per heavy atom. The van der Waals surface area contributed by atoms with Gasteiger partial charge in [-0.25, -0.2) is 5.43 Å². The number of amides is 2. The average Bonchev–Trinajstić information content (AvgIpc) is 2.79. The number of carbonyl (C=O) groups is 2. The molecule has 1 aliphatic heterocycles. The number of nitrogens with one attached hydrogen (secondary N) is 1. The van der Waals surface area contributed by atoms with E-state index in [1.807, 2.05) is 17.9 Å². The molecule has 7 heteroatoms. The van der Waals surface area contributed by atoms with E-state index in [-0.39, 0.29) is 18.4 Å². The van der Waals surface area contributed by atoms with Gasteiger partial charge in [-0.15, -0.1) is 0 Å². The molecule has 1 fully saturated rings. The van der Waals surface area contributed by atoms with Gasteiger partial charge in [-0.2, -0.15) is 5.10 Å². The van der Waals surface area contributed by atoms with Gasteiger partial charge in [-0.3, -0.25) is 9.59 Å². The van der Waals surface area contributed by atoms with Gasteiger partial charge in [-0.05, 0) is 62.1 Å². The predicted octanol–water partition coefficient (Wildman–Crippen LogP) is 3.24. The molecule has 0 atom stereocenters. The summed E-state index contributed by atoms with van der Waals surface area (Å²) in [4.78, 5) is 26.2. The zero-order chi connectivity index (χ0) is 21.2. The third-order valence-corrected chi connectivity index (χ3v) is 4.74. The fourth-order valence-corrected chi connectivity index (χ4v) is 3.19. The number of hydrogen-bond acceptors (Lipinski definition) is 5. The van der Waals surface area contributed by atoms with Crippen molar-refractivity contribution in [3.05, 3.63) is 59.7 Å². The lowest BCUT2D eigenvalue weighted by atomic mass is 10.1. The van der Waals surface area contributed by atoms with Crippen molar-refractivity contribution in [3.63, 3.8) is 0 Å². The maximum Gasteiger partial charge on any atom is 0.271 e. The van der Waals surface area contributed by atoms with Crippen LogP contribution in [0.5, 0.6) is 11.5 Å². The van der Waals surface area contributed by atoms with Gasteiger partial charge in [0.15, 0.2) is 18.1 Å². The standard InChI is InChI=1S/C23H27N3O4/c1-2-29-21-15-18(16-24-25-23(28)19-9-5-3-6-10-19)11-12-20(21)30-17-22(27)26-13-7-4-8-14-26/h3,5-6,9-12,15-16H,2,4,7-8,13-14,17H2,1H3,(H,25,28)/b24-16+. The molecule has 0 bridgehead atoms. The summed E-state index contributed by atoms with van der Waals surface area (Å²) < 4.78 is 11.4. The number of piperidine rings is 1. The third kappa shape index (κ3) is 6.07. The van der Waals surface area contributed by atoms with Crippen molar-refractivity contribution < 1.29 is 19.1 Å². The van der Waals surface area contributed by atoms with Crippen LogP contribution in [0.4, 0.5) is 0 Å². The molecule has 2 amide bonds. The van der Waals surface area contributed by atoms with Crippen LogP contribution in [-0.2, 0) is 4.79 Å². The van der Waals surface area contributed by atoms with Gasteiger partial charge in [-0.1, -0.05) is 18.2 Å². The van der Waals surface area contributed by atoms with E-state index in [2.05, 4.69) is 10.5 Å². The highest BCUT2D eigenvalue weighted by molar-refractivity contribution is 5.94. The first-order valence-electron chi connectivity index (χ1n) is 10.2. The molecule has 3 rings (SSSR count). The molecule has 2 aromatic rings. The van der Waals surface area contributed by atoms with Crippen molar-refractivity contribution in [1.29, 1.82) is 0 Å². The fraction of sp³-hybridized carbons (Fsp3) is 0.348. The van der Waals surface area contributed by atoms with Crippen LogP contribution in [0, 0.1) is 0 Å². The molecule has 1 heterocycles. The van der Waals surface area contributed by atoms with Crippen LogP contribution >= 0.6 is 0 Å².